The molecule has 0 aromatic heterocycles. The molecule has 36 valence electrons. The Morgan fingerprint density at radius 3 is 2.71 bits per heavy atom. The van der Waals surface area contributed by atoms with Gasteiger partial charge < -0.3 is 0 Å². The minimum atomic E-state index is -0.287. The Morgan fingerprint density at radius 1 is 1.86 bits per heavy atom. The van der Waals surface area contributed by atoms with Gasteiger partial charge in [-0.1, -0.05) is 0 Å². The number of thioether (sulfide) groups is 1. The van der Waals surface area contributed by atoms with Gasteiger partial charge in [0.05, 0.1) is 6.21 Å². The number of nitrogens with zero attached hydrogens (tertiary/aromatic N) is 1. The van der Waals surface area contributed by atoms with Crippen LogP contribution in [0.1, 0.15) is 0 Å². The minimum Gasteiger partial charge on any atom is -0.292 e. The monoisotopic (exact) mass is 114 g/mol. The van der Waals surface area contributed by atoms with Gasteiger partial charge in [-0.05, 0) is 11.8 Å². The summed E-state index contributed by atoms with van der Waals surface area (Å²) in [4.78, 5) is 13.4. The molecular formula is C3H2N2OS. The normalized spacial score (nSPS) is 18.9. The summed E-state index contributed by atoms with van der Waals surface area (Å²) in [7, 11) is 0. The first-order valence-corrected chi connectivity index (χ1v) is 2.45. The minimum absolute atomic E-state index is 0.227. The molecule has 3 nitrogen and oxygen atoms in total. The summed E-state index contributed by atoms with van der Waals surface area (Å²) in [5.41, 5.74) is 0. The Balaban J connectivity index is 2.76. The summed E-state index contributed by atoms with van der Waals surface area (Å²) in [6, 6.07) is 0. The van der Waals surface area contributed by atoms with Gasteiger partial charge in [0.1, 0.15) is 5.04 Å². The lowest BCUT2D eigenvalue weighted by Gasteiger charge is -1.72. The second-order valence-corrected chi connectivity index (χ2v) is 1.98. The Kier molecular flexibility index (Phi) is 0.941. The standard InChI is InChI=1S/C3H2N2OS/c4-2-1-5-3(6)7-2/h1,4H. The van der Waals surface area contributed by atoms with E-state index in [0.29, 0.717) is 0 Å². The Bertz CT molecular complexity index is 135. The molecule has 0 radical (unpaired) electrons. The summed E-state index contributed by atoms with van der Waals surface area (Å²) >= 11 is 0.843. The summed E-state index contributed by atoms with van der Waals surface area (Å²) in [6.07, 6.45) is 1.24. The van der Waals surface area contributed by atoms with Crippen LogP contribution in [0, 0.1) is 5.41 Å². The zero-order valence-electron chi connectivity index (χ0n) is 3.34. The quantitative estimate of drug-likeness (QED) is 0.508. The van der Waals surface area contributed by atoms with Crippen molar-refractivity contribution in [1.82, 2.24) is 0 Å². The van der Waals surface area contributed by atoms with Crippen LogP contribution in [0.2, 0.25) is 0 Å². The van der Waals surface area contributed by atoms with Crippen LogP contribution in [0.15, 0.2) is 4.99 Å². The first-order valence-electron chi connectivity index (χ1n) is 1.63. The zero-order valence-corrected chi connectivity index (χ0v) is 4.16. The molecule has 0 fully saturated rings. The van der Waals surface area contributed by atoms with Crippen LogP contribution in [-0.2, 0) is 0 Å². The molecule has 1 amide bonds. The molecule has 1 aliphatic heterocycles. The molecule has 0 aromatic carbocycles. The summed E-state index contributed by atoms with van der Waals surface area (Å²) in [6.45, 7) is 0. The van der Waals surface area contributed by atoms with Gasteiger partial charge in [0.2, 0.25) is 0 Å². The van der Waals surface area contributed by atoms with Crippen LogP contribution in [0.5, 0.6) is 0 Å². The molecule has 1 rings (SSSR count). The number of rotatable bonds is 0. The lowest BCUT2D eigenvalue weighted by Crippen LogP contribution is -1.80. The molecule has 1 heterocycles. The first kappa shape index (κ1) is 4.52. The molecule has 0 saturated carbocycles. The third kappa shape index (κ3) is 0.866. The predicted molar refractivity (Wildman–Crippen MR) is 29.2 cm³/mol. The van der Waals surface area contributed by atoms with Crippen LogP contribution in [0.25, 0.3) is 0 Å². The summed E-state index contributed by atoms with van der Waals surface area (Å²) in [5.74, 6) is 0. The molecule has 0 unspecified atom stereocenters. The number of carbonyl (C=O) groups is 1. The first-order chi connectivity index (χ1) is 3.29. The van der Waals surface area contributed by atoms with Crippen molar-refractivity contribution >= 4 is 28.3 Å². The van der Waals surface area contributed by atoms with Crippen molar-refractivity contribution in [3.8, 4) is 0 Å². The molecular weight excluding hydrogens is 112 g/mol. The Morgan fingerprint density at radius 2 is 2.57 bits per heavy atom. The van der Waals surface area contributed by atoms with Crippen molar-refractivity contribution in [2.75, 3.05) is 0 Å². The average molecular weight is 114 g/mol. The lowest BCUT2D eigenvalue weighted by atomic mass is 10.8. The van der Waals surface area contributed by atoms with Crippen molar-refractivity contribution in [3.63, 3.8) is 0 Å². The number of hydrogen-bond acceptors (Lipinski definition) is 3. The van der Waals surface area contributed by atoms with Gasteiger partial charge in [0.15, 0.2) is 0 Å². The van der Waals surface area contributed by atoms with Crippen molar-refractivity contribution in [2.45, 2.75) is 0 Å². The topological polar surface area (TPSA) is 53.3 Å². The van der Waals surface area contributed by atoms with E-state index in [-0.39, 0.29) is 10.3 Å². The van der Waals surface area contributed by atoms with E-state index in [9.17, 15) is 4.79 Å². The second kappa shape index (κ2) is 1.46. The van der Waals surface area contributed by atoms with Crippen LogP contribution in [0.3, 0.4) is 0 Å². The smallest absolute Gasteiger partial charge is 0.292 e. The van der Waals surface area contributed by atoms with Crippen LogP contribution >= 0.6 is 11.8 Å². The number of nitrogens with one attached hydrogen (secondary N) is 1. The maximum absolute atomic E-state index is 10.1. The Labute approximate surface area is 44.3 Å². The molecule has 4 heteroatoms. The maximum Gasteiger partial charge on any atom is 0.311 e. The average Bonchev–Trinajstić information content (AvgIpc) is 1.87. The molecule has 0 bridgehead atoms. The molecule has 0 spiro atoms. The van der Waals surface area contributed by atoms with Crippen molar-refractivity contribution in [2.24, 2.45) is 4.99 Å². The van der Waals surface area contributed by atoms with Crippen molar-refractivity contribution < 1.29 is 4.79 Å². The van der Waals surface area contributed by atoms with E-state index < -0.39 is 0 Å². The summed E-state index contributed by atoms with van der Waals surface area (Å²) in [5, 5.41) is 6.71. The highest BCUT2D eigenvalue weighted by Crippen LogP contribution is 2.10. The lowest BCUT2D eigenvalue weighted by molar-refractivity contribution is 0.268. The predicted octanol–water partition coefficient (Wildman–Crippen LogP) is 0.901. The van der Waals surface area contributed by atoms with E-state index in [1.165, 1.54) is 6.21 Å². The van der Waals surface area contributed by atoms with Crippen molar-refractivity contribution in [1.29, 1.82) is 5.41 Å². The molecule has 0 atom stereocenters. The van der Waals surface area contributed by atoms with Gasteiger partial charge in [-0.25, -0.2) is 4.99 Å². The molecule has 7 heavy (non-hydrogen) atoms. The number of amides is 1. The highest BCUT2D eigenvalue weighted by Gasteiger charge is 2.08. The van der Waals surface area contributed by atoms with Gasteiger partial charge in [-0.3, -0.25) is 10.2 Å². The van der Waals surface area contributed by atoms with E-state index >= 15 is 0 Å². The van der Waals surface area contributed by atoms with Gasteiger partial charge >= 0.3 is 5.24 Å². The fourth-order valence-electron chi connectivity index (χ4n) is 0.258. The third-order valence-electron chi connectivity index (χ3n) is 0.484. The second-order valence-electron chi connectivity index (χ2n) is 0.990. The van der Waals surface area contributed by atoms with Crippen LogP contribution < -0.4 is 0 Å². The molecule has 0 aromatic rings. The fourth-order valence-corrected chi connectivity index (χ4v) is 0.657. The van der Waals surface area contributed by atoms with Crippen LogP contribution in [-0.4, -0.2) is 16.5 Å². The van der Waals surface area contributed by atoms with E-state index in [1.54, 1.807) is 0 Å². The highest BCUT2D eigenvalue weighted by molar-refractivity contribution is 8.28. The molecule has 0 aliphatic carbocycles. The molecule has 0 saturated heterocycles. The maximum atomic E-state index is 10.1. The van der Waals surface area contributed by atoms with Crippen LogP contribution in [0.4, 0.5) is 4.79 Å². The van der Waals surface area contributed by atoms with Gasteiger partial charge in [0.25, 0.3) is 0 Å². The van der Waals surface area contributed by atoms with E-state index in [1.807, 2.05) is 0 Å². The van der Waals surface area contributed by atoms with E-state index in [4.69, 9.17) is 5.41 Å². The molecule has 1 aliphatic rings. The molecule has 1 N–H and O–H groups in total. The van der Waals surface area contributed by atoms with Gasteiger partial charge in [0, 0.05) is 0 Å². The van der Waals surface area contributed by atoms with Gasteiger partial charge in [-0.15, -0.1) is 0 Å². The number of aliphatic imine (C=N–C) groups is 1. The Hall–Kier alpha value is -0.640. The van der Waals surface area contributed by atoms with Gasteiger partial charge in [-0.2, -0.15) is 0 Å². The van der Waals surface area contributed by atoms with E-state index in [2.05, 4.69) is 4.99 Å². The number of carbonyl (C=O) groups excluding carboxylic acids is 1. The fraction of sp³-hybridized carbons (Fsp3) is 0. The SMILES string of the molecule is N=C1C=NC(=O)S1. The van der Waals surface area contributed by atoms with Crippen molar-refractivity contribution in [3.05, 3.63) is 0 Å². The highest BCUT2D eigenvalue weighted by atomic mass is 32.2. The zero-order chi connectivity index (χ0) is 5.28. The van der Waals surface area contributed by atoms with E-state index in [0.717, 1.165) is 11.8 Å². The largest absolute Gasteiger partial charge is 0.311 e. The summed E-state index contributed by atoms with van der Waals surface area (Å²) < 4.78 is 0. The number of hydrogen-bond donors (Lipinski definition) is 1. The third-order valence-corrected chi connectivity index (χ3v) is 1.09.